The van der Waals surface area contributed by atoms with Crippen molar-refractivity contribution in [3.05, 3.63) is 40.5 Å². The molecule has 114 valence electrons. The van der Waals surface area contributed by atoms with Crippen molar-refractivity contribution >= 4 is 28.0 Å². The highest BCUT2D eigenvalue weighted by Crippen LogP contribution is 2.25. The minimum atomic E-state index is -0.933. The molecule has 0 spiro atoms. The summed E-state index contributed by atoms with van der Waals surface area (Å²) in [4.78, 5) is 12.4. The molecule has 0 fully saturated rings. The maximum absolute atomic E-state index is 12.4. The minimum absolute atomic E-state index is 0.0499. The van der Waals surface area contributed by atoms with E-state index >= 15 is 0 Å². The van der Waals surface area contributed by atoms with Gasteiger partial charge in [0, 0.05) is 40.2 Å². The van der Waals surface area contributed by atoms with E-state index in [9.17, 15) is 9.00 Å². The smallest absolute Gasteiger partial charge is 0.254 e. The van der Waals surface area contributed by atoms with Crippen molar-refractivity contribution < 1.29 is 9.00 Å². The predicted octanol–water partition coefficient (Wildman–Crippen LogP) is 2.65. The van der Waals surface area contributed by atoms with Gasteiger partial charge in [0.1, 0.15) is 5.00 Å². The number of hydrogen-bond donors (Lipinski definition) is 1. The average molecular weight is 324 g/mol. The van der Waals surface area contributed by atoms with Gasteiger partial charge in [0.2, 0.25) is 0 Å². The van der Waals surface area contributed by atoms with E-state index in [4.69, 9.17) is 0 Å². The standard InChI is InChI=1S/C15H20N2O2S2/c1-10-5-6-11(2)17(10)15-13(7-8-20-15)14(18)16-9-12(3)21(4)19/h5-8,12H,9H2,1-4H3,(H,16,18). The Morgan fingerprint density at radius 2 is 1.95 bits per heavy atom. The minimum Gasteiger partial charge on any atom is -0.351 e. The zero-order valence-corrected chi connectivity index (χ0v) is 14.3. The third-order valence-electron chi connectivity index (χ3n) is 3.48. The number of amides is 1. The normalized spacial score (nSPS) is 13.9. The maximum Gasteiger partial charge on any atom is 0.254 e. The molecule has 2 heterocycles. The highest BCUT2D eigenvalue weighted by Gasteiger charge is 2.17. The van der Waals surface area contributed by atoms with E-state index in [1.54, 1.807) is 17.6 Å². The number of nitrogens with zero attached hydrogens (tertiary/aromatic N) is 1. The monoisotopic (exact) mass is 324 g/mol. The van der Waals surface area contributed by atoms with E-state index in [2.05, 4.69) is 9.88 Å². The number of aromatic nitrogens is 1. The topological polar surface area (TPSA) is 51.1 Å². The van der Waals surface area contributed by atoms with Crippen LogP contribution in [0.15, 0.2) is 23.6 Å². The van der Waals surface area contributed by atoms with Gasteiger partial charge in [0.05, 0.1) is 5.56 Å². The van der Waals surface area contributed by atoms with Crippen molar-refractivity contribution in [2.24, 2.45) is 0 Å². The van der Waals surface area contributed by atoms with Crippen LogP contribution in [-0.2, 0) is 10.8 Å². The van der Waals surface area contributed by atoms with Gasteiger partial charge >= 0.3 is 0 Å². The largest absolute Gasteiger partial charge is 0.351 e. The quantitative estimate of drug-likeness (QED) is 0.919. The Labute approximate surface area is 131 Å². The Balaban J connectivity index is 2.21. The SMILES string of the molecule is Cc1ccc(C)n1-c1sccc1C(=O)NCC(C)S(C)=O. The summed E-state index contributed by atoms with van der Waals surface area (Å²) in [6.07, 6.45) is 1.65. The summed E-state index contributed by atoms with van der Waals surface area (Å²) in [5.41, 5.74) is 2.87. The van der Waals surface area contributed by atoms with Crippen LogP contribution in [0.5, 0.6) is 0 Å². The number of carbonyl (C=O) groups excluding carboxylic acids is 1. The van der Waals surface area contributed by atoms with Gasteiger partial charge in [-0.3, -0.25) is 9.00 Å². The molecule has 21 heavy (non-hydrogen) atoms. The van der Waals surface area contributed by atoms with Gasteiger partial charge < -0.3 is 9.88 Å². The third-order valence-corrected chi connectivity index (χ3v) is 5.68. The third kappa shape index (κ3) is 3.44. The van der Waals surface area contributed by atoms with Crippen molar-refractivity contribution in [1.29, 1.82) is 0 Å². The maximum atomic E-state index is 12.4. The molecule has 0 saturated carbocycles. The summed E-state index contributed by atoms with van der Waals surface area (Å²) in [7, 11) is -0.933. The summed E-state index contributed by atoms with van der Waals surface area (Å²) in [5.74, 6) is -0.115. The fraction of sp³-hybridized carbons (Fsp3) is 0.400. The zero-order valence-electron chi connectivity index (χ0n) is 12.7. The summed E-state index contributed by atoms with van der Waals surface area (Å²) < 4.78 is 13.4. The molecule has 2 aromatic rings. The van der Waals surface area contributed by atoms with Crippen molar-refractivity contribution in [3.8, 4) is 5.00 Å². The van der Waals surface area contributed by atoms with Crippen molar-refractivity contribution in [2.45, 2.75) is 26.0 Å². The first kappa shape index (κ1) is 16.0. The van der Waals surface area contributed by atoms with Gasteiger partial charge in [0.25, 0.3) is 5.91 Å². The molecule has 0 bridgehead atoms. The Morgan fingerprint density at radius 3 is 2.52 bits per heavy atom. The predicted molar refractivity (Wildman–Crippen MR) is 89.0 cm³/mol. The van der Waals surface area contributed by atoms with Crippen LogP contribution in [0.3, 0.4) is 0 Å². The second-order valence-electron chi connectivity index (χ2n) is 5.11. The lowest BCUT2D eigenvalue weighted by atomic mass is 10.3. The van der Waals surface area contributed by atoms with Gasteiger partial charge in [-0.2, -0.15) is 0 Å². The average Bonchev–Trinajstić information content (AvgIpc) is 3.02. The molecule has 1 amide bonds. The Morgan fingerprint density at radius 1 is 1.33 bits per heavy atom. The number of nitrogens with one attached hydrogen (secondary N) is 1. The first-order chi connectivity index (χ1) is 9.91. The number of rotatable bonds is 5. The lowest BCUT2D eigenvalue weighted by molar-refractivity contribution is 0.0954. The van der Waals surface area contributed by atoms with E-state index < -0.39 is 10.8 Å². The van der Waals surface area contributed by atoms with E-state index in [0.29, 0.717) is 12.1 Å². The second-order valence-corrected chi connectivity index (χ2v) is 7.81. The Bertz CT molecular complexity index is 654. The van der Waals surface area contributed by atoms with Crippen LogP contribution in [0.1, 0.15) is 28.7 Å². The van der Waals surface area contributed by atoms with Crippen LogP contribution in [-0.4, -0.2) is 32.7 Å². The molecule has 0 saturated heterocycles. The fourth-order valence-electron chi connectivity index (χ4n) is 2.09. The molecule has 0 aliphatic rings. The summed E-state index contributed by atoms with van der Waals surface area (Å²) >= 11 is 1.55. The van der Waals surface area contributed by atoms with Crippen LogP contribution < -0.4 is 5.32 Å². The number of carbonyl (C=O) groups is 1. The van der Waals surface area contributed by atoms with Crippen LogP contribution in [0.2, 0.25) is 0 Å². The highest BCUT2D eigenvalue weighted by atomic mass is 32.2. The lowest BCUT2D eigenvalue weighted by Crippen LogP contribution is -2.32. The highest BCUT2D eigenvalue weighted by molar-refractivity contribution is 7.84. The molecule has 6 heteroatoms. The number of aryl methyl sites for hydroxylation is 2. The van der Waals surface area contributed by atoms with E-state index in [1.807, 2.05) is 44.4 Å². The summed E-state index contributed by atoms with van der Waals surface area (Å²) in [5, 5.41) is 5.67. The molecule has 2 unspecified atom stereocenters. The van der Waals surface area contributed by atoms with Crippen molar-refractivity contribution in [3.63, 3.8) is 0 Å². The molecule has 4 nitrogen and oxygen atoms in total. The van der Waals surface area contributed by atoms with E-state index in [1.165, 1.54) is 0 Å². The van der Waals surface area contributed by atoms with E-state index in [-0.39, 0.29) is 11.2 Å². The zero-order chi connectivity index (χ0) is 15.6. The fourth-order valence-corrected chi connectivity index (χ4v) is 3.42. The Kier molecular flexibility index (Phi) is 5.00. The molecular weight excluding hydrogens is 304 g/mol. The molecular formula is C15H20N2O2S2. The van der Waals surface area contributed by atoms with Crippen molar-refractivity contribution in [2.75, 3.05) is 12.8 Å². The van der Waals surface area contributed by atoms with Gasteiger partial charge in [-0.15, -0.1) is 11.3 Å². The Hall–Kier alpha value is -1.40. The first-order valence-corrected chi connectivity index (χ1v) is 9.25. The molecule has 0 aromatic carbocycles. The molecule has 0 aliphatic heterocycles. The molecule has 2 atom stereocenters. The second kappa shape index (κ2) is 6.58. The van der Waals surface area contributed by atoms with Crippen LogP contribution in [0.4, 0.5) is 0 Å². The van der Waals surface area contributed by atoms with Gasteiger partial charge in [-0.05, 0) is 44.4 Å². The van der Waals surface area contributed by atoms with Gasteiger partial charge in [-0.25, -0.2) is 0 Å². The summed E-state index contributed by atoms with van der Waals surface area (Å²) in [6.45, 7) is 6.33. The van der Waals surface area contributed by atoms with Crippen LogP contribution in [0, 0.1) is 13.8 Å². The molecule has 2 aromatic heterocycles. The molecule has 1 N–H and O–H groups in total. The number of thiophene rings is 1. The number of hydrogen-bond acceptors (Lipinski definition) is 3. The summed E-state index contributed by atoms with van der Waals surface area (Å²) in [6, 6.07) is 5.92. The van der Waals surface area contributed by atoms with Crippen LogP contribution in [0.25, 0.3) is 5.00 Å². The first-order valence-electron chi connectivity index (χ1n) is 6.75. The van der Waals surface area contributed by atoms with E-state index in [0.717, 1.165) is 16.4 Å². The molecule has 2 rings (SSSR count). The van der Waals surface area contributed by atoms with Crippen LogP contribution >= 0.6 is 11.3 Å². The van der Waals surface area contributed by atoms with Gasteiger partial charge in [-0.1, -0.05) is 0 Å². The lowest BCUT2D eigenvalue weighted by Gasteiger charge is -2.12. The molecule has 0 radical (unpaired) electrons. The van der Waals surface area contributed by atoms with Gasteiger partial charge in [0.15, 0.2) is 0 Å². The van der Waals surface area contributed by atoms with Crippen molar-refractivity contribution in [1.82, 2.24) is 9.88 Å². The molecule has 0 aliphatic carbocycles.